The van der Waals surface area contributed by atoms with Crippen LogP contribution >= 0.6 is 0 Å². The summed E-state index contributed by atoms with van der Waals surface area (Å²) in [5.41, 5.74) is 1.35. The molecule has 0 radical (unpaired) electrons. The highest BCUT2D eigenvalue weighted by Gasteiger charge is 2.17. The van der Waals surface area contributed by atoms with Crippen molar-refractivity contribution < 1.29 is 0 Å². The van der Waals surface area contributed by atoms with Gasteiger partial charge in [-0.2, -0.15) is 0 Å². The van der Waals surface area contributed by atoms with Crippen molar-refractivity contribution in [1.29, 1.82) is 0 Å². The summed E-state index contributed by atoms with van der Waals surface area (Å²) in [5.74, 6) is 0.770. The molecule has 1 heteroatoms. The van der Waals surface area contributed by atoms with Crippen LogP contribution in [0, 0.1) is 5.92 Å². The van der Waals surface area contributed by atoms with Gasteiger partial charge in [0, 0.05) is 6.54 Å². The zero-order chi connectivity index (χ0) is 8.97. The molecule has 0 atom stereocenters. The van der Waals surface area contributed by atoms with E-state index in [1.807, 2.05) is 6.08 Å². The predicted molar refractivity (Wildman–Crippen MR) is 54.2 cm³/mol. The Hall–Kier alpha value is -0.560. The first-order valence-corrected chi connectivity index (χ1v) is 4.72. The van der Waals surface area contributed by atoms with Gasteiger partial charge in [-0.05, 0) is 38.8 Å². The van der Waals surface area contributed by atoms with Crippen molar-refractivity contribution in [3.05, 3.63) is 24.8 Å². The van der Waals surface area contributed by atoms with E-state index in [0.717, 1.165) is 12.5 Å². The molecule has 1 aliphatic rings. The fourth-order valence-electron chi connectivity index (χ4n) is 1.79. The zero-order valence-electron chi connectivity index (χ0n) is 8.05. The summed E-state index contributed by atoms with van der Waals surface area (Å²) < 4.78 is 0. The Morgan fingerprint density at radius 1 is 1.50 bits per heavy atom. The summed E-state index contributed by atoms with van der Waals surface area (Å²) in [6, 6.07) is 0. The molecule has 1 saturated heterocycles. The minimum Gasteiger partial charge on any atom is -0.300 e. The second-order valence-corrected chi connectivity index (χ2v) is 3.71. The Labute approximate surface area is 75.8 Å². The lowest BCUT2D eigenvalue weighted by atomic mass is 9.91. The smallest absolute Gasteiger partial charge is 0.0160 e. The van der Waals surface area contributed by atoms with Gasteiger partial charge in [-0.1, -0.05) is 18.2 Å². The molecule has 0 aromatic heterocycles. The summed E-state index contributed by atoms with van der Waals surface area (Å²) in [5, 5.41) is 0. The maximum atomic E-state index is 4.01. The fraction of sp³-hybridized carbons (Fsp3) is 0.636. The molecule has 1 nitrogen and oxygen atoms in total. The summed E-state index contributed by atoms with van der Waals surface area (Å²) >= 11 is 0. The van der Waals surface area contributed by atoms with E-state index in [4.69, 9.17) is 0 Å². The molecule has 0 spiro atoms. The molecule has 1 rings (SSSR count). The van der Waals surface area contributed by atoms with E-state index < -0.39 is 0 Å². The van der Waals surface area contributed by atoms with Crippen molar-refractivity contribution in [3.8, 4) is 0 Å². The Bertz CT molecular complexity index is 164. The van der Waals surface area contributed by atoms with Crippen LogP contribution in [0.2, 0.25) is 0 Å². The predicted octanol–water partition coefficient (Wildman–Crippen LogP) is 2.46. The van der Waals surface area contributed by atoms with Crippen molar-refractivity contribution in [1.82, 2.24) is 4.90 Å². The number of likely N-dealkylation sites (tertiary alicyclic amines) is 1. The van der Waals surface area contributed by atoms with Crippen LogP contribution in [0.3, 0.4) is 0 Å². The van der Waals surface area contributed by atoms with Gasteiger partial charge in [0.25, 0.3) is 0 Å². The van der Waals surface area contributed by atoms with E-state index in [-0.39, 0.29) is 0 Å². The van der Waals surface area contributed by atoms with Gasteiger partial charge >= 0.3 is 0 Å². The molecule has 0 aromatic rings. The average molecular weight is 165 g/mol. The first kappa shape index (κ1) is 9.53. The third-order valence-corrected chi connectivity index (χ3v) is 2.67. The molecule has 0 unspecified atom stereocenters. The van der Waals surface area contributed by atoms with Crippen LogP contribution in [-0.4, -0.2) is 24.5 Å². The van der Waals surface area contributed by atoms with Gasteiger partial charge in [0.05, 0.1) is 0 Å². The molecule has 0 bridgehead atoms. The number of hydrogen-bond donors (Lipinski definition) is 0. The average Bonchev–Trinajstić information content (AvgIpc) is 2.06. The molecule has 12 heavy (non-hydrogen) atoms. The van der Waals surface area contributed by atoms with E-state index in [1.165, 1.54) is 31.5 Å². The number of nitrogens with zero attached hydrogens (tertiary/aromatic N) is 1. The monoisotopic (exact) mass is 165 g/mol. The normalized spacial score (nSPS) is 20.8. The Kier molecular flexibility index (Phi) is 3.54. The van der Waals surface area contributed by atoms with Gasteiger partial charge in [-0.15, -0.1) is 6.58 Å². The standard InChI is InChI=1S/C11H19N/c1-4-7-12-8-5-11(6-9-12)10(2)3/h4,11H,1-2,5-9H2,3H3. The Morgan fingerprint density at radius 2 is 2.08 bits per heavy atom. The van der Waals surface area contributed by atoms with E-state index in [2.05, 4.69) is 25.0 Å². The topological polar surface area (TPSA) is 3.24 Å². The minimum absolute atomic E-state index is 0.770. The molecule has 1 aliphatic heterocycles. The molecule has 0 N–H and O–H groups in total. The first-order chi connectivity index (χ1) is 5.74. The van der Waals surface area contributed by atoms with Crippen LogP contribution in [0.15, 0.2) is 24.8 Å². The molecule has 0 amide bonds. The van der Waals surface area contributed by atoms with Crippen LogP contribution in [0.4, 0.5) is 0 Å². The van der Waals surface area contributed by atoms with Gasteiger partial charge < -0.3 is 0 Å². The molecular weight excluding hydrogens is 146 g/mol. The van der Waals surface area contributed by atoms with E-state index in [1.54, 1.807) is 0 Å². The van der Waals surface area contributed by atoms with Gasteiger partial charge in [-0.25, -0.2) is 0 Å². The molecule has 1 fully saturated rings. The summed E-state index contributed by atoms with van der Waals surface area (Å²) in [7, 11) is 0. The maximum Gasteiger partial charge on any atom is 0.0160 e. The molecule has 0 aliphatic carbocycles. The summed E-state index contributed by atoms with van der Waals surface area (Å²) in [4.78, 5) is 2.45. The van der Waals surface area contributed by atoms with Crippen LogP contribution < -0.4 is 0 Å². The number of piperidine rings is 1. The van der Waals surface area contributed by atoms with Crippen LogP contribution in [0.5, 0.6) is 0 Å². The van der Waals surface area contributed by atoms with Gasteiger partial charge in [-0.3, -0.25) is 4.90 Å². The number of rotatable bonds is 3. The molecule has 1 heterocycles. The van der Waals surface area contributed by atoms with Crippen molar-refractivity contribution in [2.45, 2.75) is 19.8 Å². The van der Waals surface area contributed by atoms with Crippen LogP contribution in [0.25, 0.3) is 0 Å². The number of allylic oxidation sites excluding steroid dienone is 1. The highest BCUT2D eigenvalue weighted by Crippen LogP contribution is 2.22. The quantitative estimate of drug-likeness (QED) is 0.581. The number of hydrogen-bond acceptors (Lipinski definition) is 1. The third-order valence-electron chi connectivity index (χ3n) is 2.67. The van der Waals surface area contributed by atoms with Crippen molar-refractivity contribution in [3.63, 3.8) is 0 Å². The lowest BCUT2D eigenvalue weighted by molar-refractivity contribution is 0.217. The molecule has 68 valence electrons. The Balaban J connectivity index is 2.29. The van der Waals surface area contributed by atoms with Gasteiger partial charge in [0.2, 0.25) is 0 Å². The minimum atomic E-state index is 0.770. The van der Waals surface area contributed by atoms with Crippen LogP contribution in [0.1, 0.15) is 19.8 Å². The first-order valence-electron chi connectivity index (χ1n) is 4.72. The van der Waals surface area contributed by atoms with E-state index in [9.17, 15) is 0 Å². The molecule has 0 aromatic carbocycles. The lowest BCUT2D eigenvalue weighted by Crippen LogP contribution is -2.33. The maximum absolute atomic E-state index is 4.01. The molecular formula is C11H19N. The van der Waals surface area contributed by atoms with E-state index in [0.29, 0.717) is 0 Å². The second kappa shape index (κ2) is 4.46. The van der Waals surface area contributed by atoms with Crippen LogP contribution in [-0.2, 0) is 0 Å². The Morgan fingerprint density at radius 3 is 2.50 bits per heavy atom. The fourth-order valence-corrected chi connectivity index (χ4v) is 1.79. The van der Waals surface area contributed by atoms with Crippen molar-refractivity contribution in [2.24, 2.45) is 5.92 Å². The third kappa shape index (κ3) is 2.49. The highest BCUT2D eigenvalue weighted by atomic mass is 15.1. The largest absolute Gasteiger partial charge is 0.300 e. The van der Waals surface area contributed by atoms with Crippen molar-refractivity contribution in [2.75, 3.05) is 19.6 Å². The summed E-state index contributed by atoms with van der Waals surface area (Å²) in [6.45, 7) is 13.4. The lowest BCUT2D eigenvalue weighted by Gasteiger charge is -2.31. The van der Waals surface area contributed by atoms with Crippen molar-refractivity contribution >= 4 is 0 Å². The molecule has 0 saturated carbocycles. The van der Waals surface area contributed by atoms with Gasteiger partial charge in [0.1, 0.15) is 0 Å². The highest BCUT2D eigenvalue weighted by molar-refractivity contribution is 4.98. The van der Waals surface area contributed by atoms with E-state index >= 15 is 0 Å². The summed E-state index contributed by atoms with van der Waals surface area (Å²) in [6.07, 6.45) is 4.55. The second-order valence-electron chi connectivity index (χ2n) is 3.71. The zero-order valence-corrected chi connectivity index (χ0v) is 8.05. The SMILES string of the molecule is C=CCN1CCC(C(=C)C)CC1. The van der Waals surface area contributed by atoms with Gasteiger partial charge in [0.15, 0.2) is 0 Å².